The van der Waals surface area contributed by atoms with Crippen LogP contribution in [0, 0.1) is 0 Å². The van der Waals surface area contributed by atoms with E-state index in [-0.39, 0.29) is 0 Å². The average molecular weight is 291 g/mol. The second-order valence-corrected chi connectivity index (χ2v) is 5.87. The van der Waals surface area contributed by atoms with Crippen molar-refractivity contribution in [1.29, 1.82) is 0 Å². The summed E-state index contributed by atoms with van der Waals surface area (Å²) in [7, 11) is 0. The van der Waals surface area contributed by atoms with Crippen LogP contribution in [0.2, 0.25) is 0 Å². The minimum atomic E-state index is 0.523. The quantitative estimate of drug-likeness (QED) is 0.633. The Kier molecular flexibility index (Phi) is 4.75. The predicted molar refractivity (Wildman–Crippen MR) is 82.1 cm³/mol. The topological polar surface area (TPSA) is 65.7 Å². The normalized spacial score (nSPS) is 21.5. The molecule has 2 aliphatic rings. The van der Waals surface area contributed by atoms with Crippen LogP contribution in [0.3, 0.4) is 0 Å². The Morgan fingerprint density at radius 2 is 2.19 bits per heavy atom. The van der Waals surface area contributed by atoms with Gasteiger partial charge >= 0.3 is 0 Å². The van der Waals surface area contributed by atoms with Gasteiger partial charge in [0.05, 0.1) is 6.54 Å². The Hall–Kier alpha value is -1.56. The van der Waals surface area contributed by atoms with Gasteiger partial charge in [0.2, 0.25) is 0 Å². The van der Waals surface area contributed by atoms with Crippen molar-refractivity contribution in [2.75, 3.05) is 19.6 Å². The Labute approximate surface area is 126 Å². The maximum absolute atomic E-state index is 4.83. The number of hydrogen-bond acceptors (Lipinski definition) is 4. The number of piperidine rings is 1. The van der Waals surface area contributed by atoms with Crippen molar-refractivity contribution in [1.82, 2.24) is 20.7 Å². The van der Waals surface area contributed by atoms with Gasteiger partial charge in [-0.3, -0.25) is 0 Å². The van der Waals surface area contributed by atoms with Gasteiger partial charge in [0.1, 0.15) is 12.0 Å². The van der Waals surface area contributed by atoms with Crippen LogP contribution in [-0.4, -0.2) is 47.7 Å². The van der Waals surface area contributed by atoms with Crippen molar-refractivity contribution in [3.63, 3.8) is 0 Å². The molecule has 116 valence electrons. The van der Waals surface area contributed by atoms with Gasteiger partial charge in [-0.25, -0.2) is 4.99 Å². The van der Waals surface area contributed by atoms with E-state index in [0.717, 1.165) is 24.2 Å². The number of aromatic nitrogens is 1. The maximum Gasteiger partial charge on any atom is 0.191 e. The van der Waals surface area contributed by atoms with Crippen LogP contribution >= 0.6 is 0 Å². The third-order valence-corrected chi connectivity index (χ3v) is 4.17. The fourth-order valence-corrected chi connectivity index (χ4v) is 2.84. The highest BCUT2D eigenvalue weighted by molar-refractivity contribution is 5.80. The fourth-order valence-electron chi connectivity index (χ4n) is 2.84. The van der Waals surface area contributed by atoms with Crippen molar-refractivity contribution in [3.05, 3.63) is 18.0 Å². The molecule has 0 atom stereocenters. The Bertz CT molecular complexity index is 447. The zero-order chi connectivity index (χ0) is 14.5. The zero-order valence-corrected chi connectivity index (χ0v) is 12.7. The number of rotatable bonds is 5. The van der Waals surface area contributed by atoms with E-state index in [4.69, 9.17) is 4.52 Å². The van der Waals surface area contributed by atoms with Gasteiger partial charge < -0.3 is 20.1 Å². The first kappa shape index (κ1) is 14.4. The highest BCUT2D eigenvalue weighted by atomic mass is 16.5. The van der Waals surface area contributed by atoms with E-state index < -0.39 is 0 Å². The van der Waals surface area contributed by atoms with Gasteiger partial charge in [0, 0.05) is 37.8 Å². The Morgan fingerprint density at radius 3 is 2.81 bits per heavy atom. The van der Waals surface area contributed by atoms with Gasteiger partial charge in [-0.15, -0.1) is 0 Å². The summed E-state index contributed by atoms with van der Waals surface area (Å²) in [5, 5.41) is 10.7. The van der Waals surface area contributed by atoms with Crippen molar-refractivity contribution >= 4 is 5.96 Å². The minimum absolute atomic E-state index is 0.523. The predicted octanol–water partition coefficient (Wildman–Crippen LogP) is 1.36. The first-order valence-corrected chi connectivity index (χ1v) is 8.03. The van der Waals surface area contributed by atoms with E-state index in [1.807, 2.05) is 6.07 Å². The number of nitrogens with one attached hydrogen (secondary N) is 2. The lowest BCUT2D eigenvalue weighted by Crippen LogP contribution is -2.49. The molecule has 1 aliphatic heterocycles. The molecular formula is C15H25N5O. The van der Waals surface area contributed by atoms with Crippen LogP contribution in [0.15, 0.2) is 21.8 Å². The van der Waals surface area contributed by atoms with E-state index in [1.165, 1.54) is 38.8 Å². The van der Waals surface area contributed by atoms with Crippen LogP contribution in [0.25, 0.3) is 0 Å². The van der Waals surface area contributed by atoms with E-state index in [1.54, 1.807) is 6.26 Å². The average Bonchev–Trinajstić information content (AvgIpc) is 3.22. The molecule has 0 unspecified atom stereocenters. The van der Waals surface area contributed by atoms with Gasteiger partial charge in [0.25, 0.3) is 0 Å². The molecule has 1 aromatic heterocycles. The summed E-state index contributed by atoms with van der Waals surface area (Å²) in [4.78, 5) is 7.21. The lowest BCUT2D eigenvalue weighted by Gasteiger charge is -2.33. The molecule has 2 heterocycles. The highest BCUT2D eigenvalue weighted by Crippen LogP contribution is 2.29. The van der Waals surface area contributed by atoms with E-state index in [0.29, 0.717) is 12.6 Å². The summed E-state index contributed by atoms with van der Waals surface area (Å²) < 4.78 is 4.83. The van der Waals surface area contributed by atoms with Gasteiger partial charge in [0.15, 0.2) is 5.96 Å². The summed E-state index contributed by atoms with van der Waals surface area (Å²) in [5.41, 5.74) is 0.857. The van der Waals surface area contributed by atoms with Crippen LogP contribution in [0.1, 0.15) is 38.3 Å². The molecule has 0 spiro atoms. The Morgan fingerprint density at radius 1 is 1.38 bits per heavy atom. The van der Waals surface area contributed by atoms with Gasteiger partial charge in [-0.05, 0) is 32.6 Å². The largest absolute Gasteiger partial charge is 0.364 e. The first-order chi connectivity index (χ1) is 10.3. The summed E-state index contributed by atoms with van der Waals surface area (Å²) in [6.07, 6.45) is 6.79. The summed E-state index contributed by atoms with van der Waals surface area (Å²) in [6.45, 7) is 5.93. The molecule has 0 radical (unpaired) electrons. The zero-order valence-electron chi connectivity index (χ0n) is 12.7. The summed E-state index contributed by atoms with van der Waals surface area (Å²) in [6, 6.07) is 3.26. The number of nitrogens with zero attached hydrogens (tertiary/aromatic N) is 3. The number of guanidine groups is 1. The summed E-state index contributed by atoms with van der Waals surface area (Å²) in [5.74, 6) is 0.880. The molecule has 21 heavy (non-hydrogen) atoms. The third kappa shape index (κ3) is 4.20. The monoisotopic (exact) mass is 291 g/mol. The van der Waals surface area contributed by atoms with Crippen LogP contribution < -0.4 is 10.6 Å². The van der Waals surface area contributed by atoms with Gasteiger partial charge in [-0.1, -0.05) is 5.16 Å². The highest BCUT2D eigenvalue weighted by Gasteiger charge is 2.31. The van der Waals surface area contributed by atoms with Crippen molar-refractivity contribution in [2.24, 2.45) is 4.99 Å². The molecule has 1 saturated heterocycles. The number of aliphatic imine (C=N–C) groups is 1. The molecule has 1 saturated carbocycles. The standard InChI is InChI=1S/C15H25N5O/c1-2-16-15(17-11-13-7-10-21-19-13)18-12-5-8-20(9-6-12)14-3-4-14/h7,10,12,14H,2-6,8-9,11H2,1H3,(H2,16,17,18). The van der Waals surface area contributed by atoms with E-state index in [2.05, 4.69) is 32.6 Å². The molecule has 1 aromatic rings. The molecule has 2 fully saturated rings. The van der Waals surface area contributed by atoms with Crippen molar-refractivity contribution < 1.29 is 4.52 Å². The smallest absolute Gasteiger partial charge is 0.191 e. The summed E-state index contributed by atoms with van der Waals surface area (Å²) >= 11 is 0. The van der Waals surface area contributed by atoms with Crippen LogP contribution in [0.5, 0.6) is 0 Å². The van der Waals surface area contributed by atoms with Gasteiger partial charge in [-0.2, -0.15) is 0 Å². The SMILES string of the molecule is CCNC(=NCc1ccon1)NC1CCN(C2CC2)CC1. The van der Waals surface area contributed by atoms with Crippen molar-refractivity contribution in [2.45, 2.75) is 51.2 Å². The molecule has 3 rings (SSSR count). The number of hydrogen-bond donors (Lipinski definition) is 2. The molecule has 0 aromatic carbocycles. The molecule has 1 aliphatic carbocycles. The second kappa shape index (κ2) is 6.93. The molecule has 0 amide bonds. The molecular weight excluding hydrogens is 266 g/mol. The molecule has 6 heteroatoms. The third-order valence-electron chi connectivity index (χ3n) is 4.17. The first-order valence-electron chi connectivity index (χ1n) is 8.03. The lowest BCUT2D eigenvalue weighted by atomic mass is 10.1. The molecule has 0 bridgehead atoms. The van der Waals surface area contributed by atoms with Crippen LogP contribution in [0.4, 0.5) is 0 Å². The minimum Gasteiger partial charge on any atom is -0.364 e. The number of likely N-dealkylation sites (tertiary alicyclic amines) is 1. The van der Waals surface area contributed by atoms with Crippen molar-refractivity contribution in [3.8, 4) is 0 Å². The molecule has 2 N–H and O–H groups in total. The fraction of sp³-hybridized carbons (Fsp3) is 0.733. The second-order valence-electron chi connectivity index (χ2n) is 5.87. The lowest BCUT2D eigenvalue weighted by molar-refractivity contribution is 0.197. The Balaban J connectivity index is 1.48. The van der Waals surface area contributed by atoms with E-state index >= 15 is 0 Å². The van der Waals surface area contributed by atoms with E-state index in [9.17, 15) is 0 Å². The maximum atomic E-state index is 4.83. The van der Waals surface area contributed by atoms with Crippen LogP contribution in [-0.2, 0) is 6.54 Å². The molecule has 6 nitrogen and oxygen atoms in total.